The van der Waals surface area contributed by atoms with Crippen LogP contribution in [0.4, 0.5) is 0 Å². The van der Waals surface area contributed by atoms with Crippen molar-refractivity contribution in [2.24, 2.45) is 0 Å². The summed E-state index contributed by atoms with van der Waals surface area (Å²) in [6, 6.07) is 0.0870. The minimum Gasteiger partial charge on any atom is -0.392 e. The Bertz CT molecular complexity index is 150. The van der Waals surface area contributed by atoms with Gasteiger partial charge in [-0.2, -0.15) is 0 Å². The van der Waals surface area contributed by atoms with Crippen molar-refractivity contribution in [3.05, 3.63) is 0 Å². The SMILES string of the molecule is CC(O)C1CCCCN1NC=O. The maximum atomic E-state index is 10.2. The molecule has 0 aromatic carbocycles. The molecule has 12 heavy (non-hydrogen) atoms. The second-order valence-electron chi connectivity index (χ2n) is 3.24. The molecule has 1 aliphatic heterocycles. The number of hydrogen-bond acceptors (Lipinski definition) is 3. The molecule has 70 valence electrons. The number of rotatable bonds is 3. The van der Waals surface area contributed by atoms with Gasteiger partial charge in [0.25, 0.3) is 0 Å². The zero-order chi connectivity index (χ0) is 8.97. The Labute approximate surface area is 72.5 Å². The topological polar surface area (TPSA) is 52.6 Å². The van der Waals surface area contributed by atoms with Crippen LogP contribution in [0.25, 0.3) is 0 Å². The largest absolute Gasteiger partial charge is 0.392 e. The quantitative estimate of drug-likeness (QED) is 0.584. The molecule has 4 heteroatoms. The van der Waals surface area contributed by atoms with Crippen molar-refractivity contribution in [2.75, 3.05) is 6.54 Å². The summed E-state index contributed by atoms with van der Waals surface area (Å²) in [5.74, 6) is 0. The second-order valence-corrected chi connectivity index (χ2v) is 3.24. The first-order valence-electron chi connectivity index (χ1n) is 4.40. The number of carbonyl (C=O) groups is 1. The van der Waals surface area contributed by atoms with Crippen LogP contribution in [0.1, 0.15) is 26.2 Å². The van der Waals surface area contributed by atoms with E-state index in [2.05, 4.69) is 5.43 Å². The second kappa shape index (κ2) is 4.42. The normalized spacial score (nSPS) is 28.0. The maximum absolute atomic E-state index is 10.2. The molecule has 0 radical (unpaired) electrons. The van der Waals surface area contributed by atoms with Gasteiger partial charge in [-0.05, 0) is 19.8 Å². The lowest BCUT2D eigenvalue weighted by molar-refractivity contribution is -0.117. The third-order valence-electron chi connectivity index (χ3n) is 2.32. The molecule has 0 aromatic heterocycles. The van der Waals surface area contributed by atoms with Crippen LogP contribution < -0.4 is 5.43 Å². The number of nitrogens with zero attached hydrogens (tertiary/aromatic N) is 1. The summed E-state index contributed by atoms with van der Waals surface area (Å²) in [5, 5.41) is 11.2. The molecule has 1 fully saturated rings. The number of aliphatic hydroxyl groups excluding tert-OH is 1. The highest BCUT2D eigenvalue weighted by Crippen LogP contribution is 2.17. The summed E-state index contributed by atoms with van der Waals surface area (Å²) in [6.07, 6.45) is 3.47. The highest BCUT2D eigenvalue weighted by atomic mass is 16.3. The van der Waals surface area contributed by atoms with E-state index in [1.54, 1.807) is 6.92 Å². The highest BCUT2D eigenvalue weighted by molar-refractivity contribution is 5.45. The molecule has 1 heterocycles. The molecule has 1 saturated heterocycles. The van der Waals surface area contributed by atoms with Gasteiger partial charge in [-0.3, -0.25) is 10.2 Å². The maximum Gasteiger partial charge on any atom is 0.221 e. The fourth-order valence-corrected chi connectivity index (χ4v) is 1.69. The van der Waals surface area contributed by atoms with E-state index in [9.17, 15) is 9.90 Å². The molecule has 2 unspecified atom stereocenters. The first kappa shape index (κ1) is 9.48. The van der Waals surface area contributed by atoms with E-state index in [1.807, 2.05) is 5.01 Å². The van der Waals surface area contributed by atoms with E-state index in [0.717, 1.165) is 25.8 Å². The van der Waals surface area contributed by atoms with Gasteiger partial charge in [0.05, 0.1) is 12.1 Å². The van der Waals surface area contributed by atoms with E-state index in [0.29, 0.717) is 6.41 Å². The van der Waals surface area contributed by atoms with Crippen molar-refractivity contribution in [3.8, 4) is 0 Å². The molecule has 0 aromatic rings. The summed E-state index contributed by atoms with van der Waals surface area (Å²) in [4.78, 5) is 10.2. The molecule has 0 bridgehead atoms. The predicted molar refractivity (Wildman–Crippen MR) is 45.2 cm³/mol. The van der Waals surface area contributed by atoms with Crippen LogP contribution in [0, 0.1) is 0 Å². The first-order chi connectivity index (χ1) is 5.75. The molecule has 4 nitrogen and oxygen atoms in total. The van der Waals surface area contributed by atoms with Crippen LogP contribution in [-0.2, 0) is 4.79 Å². The minimum atomic E-state index is -0.377. The molecule has 1 amide bonds. The Morgan fingerprint density at radius 3 is 3.00 bits per heavy atom. The summed E-state index contributed by atoms with van der Waals surface area (Å²) < 4.78 is 0. The van der Waals surface area contributed by atoms with Gasteiger partial charge < -0.3 is 5.11 Å². The van der Waals surface area contributed by atoms with Crippen molar-refractivity contribution >= 4 is 6.41 Å². The Morgan fingerprint density at radius 2 is 2.42 bits per heavy atom. The Morgan fingerprint density at radius 1 is 1.67 bits per heavy atom. The third kappa shape index (κ3) is 2.19. The van der Waals surface area contributed by atoms with Gasteiger partial charge in [-0.25, -0.2) is 5.01 Å². The zero-order valence-electron chi connectivity index (χ0n) is 7.36. The van der Waals surface area contributed by atoms with Crippen LogP contribution in [-0.4, -0.2) is 35.2 Å². The van der Waals surface area contributed by atoms with E-state index in [4.69, 9.17) is 0 Å². The van der Waals surface area contributed by atoms with Gasteiger partial charge in [0, 0.05) is 6.54 Å². The monoisotopic (exact) mass is 172 g/mol. The fourth-order valence-electron chi connectivity index (χ4n) is 1.69. The number of carbonyl (C=O) groups excluding carboxylic acids is 1. The number of amides is 1. The van der Waals surface area contributed by atoms with Crippen molar-refractivity contribution in [1.82, 2.24) is 10.4 Å². The predicted octanol–water partition coefficient (Wildman–Crippen LogP) is -0.117. The van der Waals surface area contributed by atoms with Gasteiger partial charge in [-0.15, -0.1) is 0 Å². The van der Waals surface area contributed by atoms with E-state index in [-0.39, 0.29) is 12.1 Å². The molecule has 2 atom stereocenters. The smallest absolute Gasteiger partial charge is 0.221 e. The zero-order valence-corrected chi connectivity index (χ0v) is 7.36. The lowest BCUT2D eigenvalue weighted by Gasteiger charge is -2.36. The molecular formula is C8H16N2O2. The van der Waals surface area contributed by atoms with Gasteiger partial charge in [0.2, 0.25) is 6.41 Å². The molecule has 0 saturated carbocycles. The molecule has 2 N–H and O–H groups in total. The number of nitrogens with one attached hydrogen (secondary N) is 1. The van der Waals surface area contributed by atoms with E-state index >= 15 is 0 Å². The van der Waals surface area contributed by atoms with Gasteiger partial charge in [0.15, 0.2) is 0 Å². The van der Waals surface area contributed by atoms with Gasteiger partial charge >= 0.3 is 0 Å². The van der Waals surface area contributed by atoms with Crippen LogP contribution >= 0.6 is 0 Å². The lowest BCUT2D eigenvalue weighted by Crippen LogP contribution is -2.52. The molecule has 0 aliphatic carbocycles. The van der Waals surface area contributed by atoms with Crippen molar-refractivity contribution in [2.45, 2.75) is 38.3 Å². The van der Waals surface area contributed by atoms with Crippen molar-refractivity contribution in [1.29, 1.82) is 0 Å². The van der Waals surface area contributed by atoms with Crippen LogP contribution in [0.15, 0.2) is 0 Å². The van der Waals surface area contributed by atoms with Crippen LogP contribution in [0.5, 0.6) is 0 Å². The van der Waals surface area contributed by atoms with E-state index < -0.39 is 0 Å². The molecular weight excluding hydrogens is 156 g/mol. The summed E-state index contributed by atoms with van der Waals surface area (Å²) in [7, 11) is 0. The van der Waals surface area contributed by atoms with Gasteiger partial charge in [-0.1, -0.05) is 6.42 Å². The summed E-state index contributed by atoms with van der Waals surface area (Å²) >= 11 is 0. The molecule has 0 spiro atoms. The Kier molecular flexibility index (Phi) is 3.49. The summed E-state index contributed by atoms with van der Waals surface area (Å²) in [5.41, 5.74) is 2.61. The lowest BCUT2D eigenvalue weighted by atomic mass is 10.0. The molecule has 1 aliphatic rings. The summed E-state index contributed by atoms with van der Waals surface area (Å²) in [6.45, 7) is 2.60. The standard InChI is InChI=1S/C8H16N2O2/c1-7(12)8-4-2-3-5-10(8)9-6-11/h6-8,12H,2-5H2,1H3,(H,9,11). The fraction of sp³-hybridized carbons (Fsp3) is 0.875. The average molecular weight is 172 g/mol. The van der Waals surface area contributed by atoms with Crippen molar-refractivity contribution in [3.63, 3.8) is 0 Å². The number of piperidine rings is 1. The van der Waals surface area contributed by atoms with E-state index in [1.165, 1.54) is 0 Å². The molecule has 1 rings (SSSR count). The Balaban J connectivity index is 2.47. The van der Waals surface area contributed by atoms with Gasteiger partial charge in [0.1, 0.15) is 0 Å². The van der Waals surface area contributed by atoms with Crippen molar-refractivity contribution < 1.29 is 9.90 Å². The average Bonchev–Trinajstić information content (AvgIpc) is 2.05. The number of aliphatic hydroxyl groups is 1. The van der Waals surface area contributed by atoms with Crippen LogP contribution in [0.3, 0.4) is 0 Å². The number of hydrogen-bond donors (Lipinski definition) is 2. The first-order valence-corrected chi connectivity index (χ1v) is 4.40. The minimum absolute atomic E-state index is 0.0870. The number of hydrazine groups is 1. The Hall–Kier alpha value is -0.610. The highest BCUT2D eigenvalue weighted by Gasteiger charge is 2.25. The van der Waals surface area contributed by atoms with Crippen LogP contribution in [0.2, 0.25) is 0 Å². The third-order valence-corrected chi connectivity index (χ3v) is 2.32.